The third-order valence-electron chi connectivity index (χ3n) is 2.87. The summed E-state index contributed by atoms with van der Waals surface area (Å²) in [4.78, 5) is 11.1. The number of hydrogen-bond acceptors (Lipinski definition) is 3. The molecule has 2 atom stereocenters. The number of halogens is 1. The van der Waals surface area contributed by atoms with E-state index >= 15 is 0 Å². The number of hydrogen-bond donors (Lipinski definition) is 2. The van der Waals surface area contributed by atoms with Crippen LogP contribution in [0.1, 0.15) is 38.8 Å². The van der Waals surface area contributed by atoms with Gasteiger partial charge in [-0.3, -0.25) is 0 Å². The van der Waals surface area contributed by atoms with Gasteiger partial charge in [0.15, 0.2) is 6.10 Å². The molecule has 0 saturated carbocycles. The van der Waals surface area contributed by atoms with E-state index in [0.29, 0.717) is 12.2 Å². The number of rotatable bonds is 7. The average Bonchev–Trinajstić information content (AvgIpc) is 2.35. The van der Waals surface area contributed by atoms with Crippen LogP contribution in [0, 0.1) is 0 Å². The molecule has 1 rings (SSSR count). The van der Waals surface area contributed by atoms with Crippen LogP contribution in [-0.4, -0.2) is 23.7 Å². The standard InChI is InChI=1S/C14H20BrNO3/c1-4-12(14(17)18)19-13-8-10(15)6-7-11(13)9(3)16-5-2/h6-9,12,16H,4-5H2,1-3H3,(H,17,18). The molecule has 0 heterocycles. The monoisotopic (exact) mass is 329 g/mol. The van der Waals surface area contributed by atoms with Crippen molar-refractivity contribution in [3.63, 3.8) is 0 Å². The Bertz CT molecular complexity index is 437. The van der Waals surface area contributed by atoms with E-state index in [1.807, 2.05) is 32.0 Å². The van der Waals surface area contributed by atoms with Crippen LogP contribution < -0.4 is 10.1 Å². The highest BCUT2D eigenvalue weighted by Gasteiger charge is 2.20. The molecule has 1 aromatic carbocycles. The zero-order valence-corrected chi connectivity index (χ0v) is 13.0. The van der Waals surface area contributed by atoms with E-state index in [1.165, 1.54) is 0 Å². The zero-order chi connectivity index (χ0) is 14.4. The van der Waals surface area contributed by atoms with Crippen molar-refractivity contribution >= 4 is 21.9 Å². The summed E-state index contributed by atoms with van der Waals surface area (Å²) in [5.74, 6) is -0.332. The molecule has 0 saturated heterocycles. The molecule has 0 fully saturated rings. The van der Waals surface area contributed by atoms with Crippen LogP contribution in [0.3, 0.4) is 0 Å². The lowest BCUT2D eigenvalue weighted by molar-refractivity contribution is -0.145. The molecule has 0 spiro atoms. The first-order valence-electron chi connectivity index (χ1n) is 6.41. The highest BCUT2D eigenvalue weighted by atomic mass is 79.9. The molecule has 0 amide bonds. The van der Waals surface area contributed by atoms with Crippen LogP contribution in [-0.2, 0) is 4.79 Å². The Kier molecular flexibility index (Phi) is 6.31. The predicted molar refractivity (Wildman–Crippen MR) is 78.6 cm³/mol. The van der Waals surface area contributed by atoms with Gasteiger partial charge in [0.2, 0.25) is 0 Å². The predicted octanol–water partition coefficient (Wildman–Crippen LogP) is 3.36. The maximum absolute atomic E-state index is 11.1. The molecular formula is C14H20BrNO3. The number of aliphatic carboxylic acids is 1. The first kappa shape index (κ1) is 16.0. The number of carboxylic acid groups (broad SMARTS) is 1. The molecule has 0 aromatic heterocycles. The summed E-state index contributed by atoms with van der Waals surface area (Å²) >= 11 is 3.39. The molecule has 0 aliphatic heterocycles. The smallest absolute Gasteiger partial charge is 0.344 e. The van der Waals surface area contributed by atoms with Gasteiger partial charge in [0, 0.05) is 16.1 Å². The van der Waals surface area contributed by atoms with E-state index in [4.69, 9.17) is 9.84 Å². The fourth-order valence-corrected chi connectivity index (χ4v) is 2.19. The van der Waals surface area contributed by atoms with E-state index in [2.05, 4.69) is 21.2 Å². The van der Waals surface area contributed by atoms with Crippen molar-refractivity contribution in [2.75, 3.05) is 6.54 Å². The van der Waals surface area contributed by atoms with Gasteiger partial charge in [-0.15, -0.1) is 0 Å². The molecule has 5 heteroatoms. The van der Waals surface area contributed by atoms with Gasteiger partial charge < -0.3 is 15.2 Å². The first-order chi connectivity index (χ1) is 8.99. The second-order valence-corrected chi connectivity index (χ2v) is 5.23. The summed E-state index contributed by atoms with van der Waals surface area (Å²) < 4.78 is 6.51. The van der Waals surface area contributed by atoms with Gasteiger partial charge in [-0.25, -0.2) is 4.79 Å². The van der Waals surface area contributed by atoms with Crippen LogP contribution in [0.4, 0.5) is 0 Å². The fourth-order valence-electron chi connectivity index (χ4n) is 1.85. The van der Waals surface area contributed by atoms with Crippen molar-refractivity contribution < 1.29 is 14.6 Å². The van der Waals surface area contributed by atoms with E-state index < -0.39 is 12.1 Å². The van der Waals surface area contributed by atoms with Crippen molar-refractivity contribution in [3.8, 4) is 5.75 Å². The second-order valence-electron chi connectivity index (χ2n) is 4.31. The molecule has 0 radical (unpaired) electrons. The summed E-state index contributed by atoms with van der Waals surface area (Å²) in [6, 6.07) is 5.80. The van der Waals surface area contributed by atoms with Crippen LogP contribution in [0.2, 0.25) is 0 Å². The fraction of sp³-hybridized carbons (Fsp3) is 0.500. The van der Waals surface area contributed by atoms with E-state index in [0.717, 1.165) is 16.6 Å². The van der Waals surface area contributed by atoms with Gasteiger partial charge in [-0.2, -0.15) is 0 Å². The molecule has 2 N–H and O–H groups in total. The number of ether oxygens (including phenoxy) is 1. The van der Waals surface area contributed by atoms with Crippen molar-refractivity contribution in [1.82, 2.24) is 5.32 Å². The van der Waals surface area contributed by atoms with E-state index in [1.54, 1.807) is 6.92 Å². The molecule has 0 bridgehead atoms. The van der Waals surface area contributed by atoms with Gasteiger partial charge in [0.1, 0.15) is 5.75 Å². The highest BCUT2D eigenvalue weighted by molar-refractivity contribution is 9.10. The van der Waals surface area contributed by atoms with Crippen molar-refractivity contribution in [3.05, 3.63) is 28.2 Å². The Hall–Kier alpha value is -1.07. The van der Waals surface area contributed by atoms with Crippen molar-refractivity contribution in [2.24, 2.45) is 0 Å². The Morgan fingerprint density at radius 1 is 1.47 bits per heavy atom. The van der Waals surface area contributed by atoms with Gasteiger partial charge in [-0.05, 0) is 32.0 Å². The van der Waals surface area contributed by atoms with Crippen molar-refractivity contribution in [2.45, 2.75) is 39.3 Å². The molecule has 0 aliphatic rings. The lowest BCUT2D eigenvalue weighted by Gasteiger charge is -2.20. The Balaban J connectivity index is 3.02. The molecule has 19 heavy (non-hydrogen) atoms. The van der Waals surface area contributed by atoms with Crippen LogP contribution in [0.25, 0.3) is 0 Å². The minimum atomic E-state index is -0.940. The van der Waals surface area contributed by atoms with E-state index in [-0.39, 0.29) is 6.04 Å². The Labute approximate surface area is 122 Å². The quantitative estimate of drug-likeness (QED) is 0.805. The van der Waals surface area contributed by atoms with Gasteiger partial charge in [0.25, 0.3) is 0 Å². The van der Waals surface area contributed by atoms with Crippen molar-refractivity contribution in [1.29, 1.82) is 0 Å². The van der Waals surface area contributed by atoms with Gasteiger partial charge >= 0.3 is 5.97 Å². The molecule has 4 nitrogen and oxygen atoms in total. The van der Waals surface area contributed by atoms with Crippen LogP contribution >= 0.6 is 15.9 Å². The van der Waals surface area contributed by atoms with Gasteiger partial charge in [-0.1, -0.05) is 35.8 Å². The van der Waals surface area contributed by atoms with Crippen LogP contribution in [0.5, 0.6) is 5.75 Å². The number of nitrogens with one attached hydrogen (secondary N) is 1. The molecule has 2 unspecified atom stereocenters. The summed E-state index contributed by atoms with van der Waals surface area (Å²) in [5, 5.41) is 12.4. The number of benzene rings is 1. The Morgan fingerprint density at radius 3 is 2.68 bits per heavy atom. The second kappa shape index (κ2) is 7.50. The zero-order valence-electron chi connectivity index (χ0n) is 11.4. The summed E-state index contributed by atoms with van der Waals surface area (Å²) in [7, 11) is 0. The van der Waals surface area contributed by atoms with E-state index in [9.17, 15) is 4.79 Å². The maximum Gasteiger partial charge on any atom is 0.344 e. The molecule has 0 aliphatic carbocycles. The Morgan fingerprint density at radius 2 is 2.16 bits per heavy atom. The molecule has 1 aromatic rings. The first-order valence-corrected chi connectivity index (χ1v) is 7.21. The average molecular weight is 330 g/mol. The topological polar surface area (TPSA) is 58.6 Å². The summed E-state index contributed by atoms with van der Waals surface area (Å²) in [6.45, 7) is 6.69. The highest BCUT2D eigenvalue weighted by Crippen LogP contribution is 2.29. The van der Waals surface area contributed by atoms with Crippen LogP contribution in [0.15, 0.2) is 22.7 Å². The minimum absolute atomic E-state index is 0.111. The third kappa shape index (κ3) is 4.51. The largest absolute Gasteiger partial charge is 0.479 e. The lowest BCUT2D eigenvalue weighted by Crippen LogP contribution is -2.27. The number of carboxylic acids is 1. The minimum Gasteiger partial charge on any atom is -0.479 e. The summed E-state index contributed by atoms with van der Waals surface area (Å²) in [6.07, 6.45) is -0.390. The lowest BCUT2D eigenvalue weighted by atomic mass is 10.1. The normalized spacial score (nSPS) is 13.9. The molecular weight excluding hydrogens is 310 g/mol. The van der Waals surface area contributed by atoms with Gasteiger partial charge in [0.05, 0.1) is 0 Å². The third-order valence-corrected chi connectivity index (χ3v) is 3.36. The summed E-state index contributed by atoms with van der Waals surface area (Å²) in [5.41, 5.74) is 0.963. The number of carbonyl (C=O) groups is 1. The molecule has 106 valence electrons. The SMILES string of the molecule is CCNC(C)c1ccc(Br)cc1OC(CC)C(=O)O. The maximum atomic E-state index is 11.1.